The molecule has 4 rings (SSSR count). The number of likely N-dealkylation sites (tertiary alicyclic amines) is 1. The molecule has 0 aromatic carbocycles. The molecule has 1 amide bonds. The van der Waals surface area contributed by atoms with Crippen LogP contribution in [0.3, 0.4) is 0 Å². The van der Waals surface area contributed by atoms with E-state index in [1.54, 1.807) is 0 Å². The minimum absolute atomic E-state index is 0.0631. The molecule has 1 unspecified atom stereocenters. The topological polar surface area (TPSA) is 79.3 Å². The van der Waals surface area contributed by atoms with Crippen molar-refractivity contribution in [3.63, 3.8) is 0 Å². The Morgan fingerprint density at radius 1 is 1.25 bits per heavy atom. The van der Waals surface area contributed by atoms with E-state index in [-0.39, 0.29) is 12.1 Å². The van der Waals surface area contributed by atoms with Crippen LogP contribution in [0.25, 0.3) is 0 Å². The molecule has 28 heavy (non-hydrogen) atoms. The van der Waals surface area contributed by atoms with E-state index in [1.165, 1.54) is 0 Å². The number of carbonyl (C=O) groups is 1. The number of aromatic nitrogens is 1. The van der Waals surface area contributed by atoms with Crippen LogP contribution in [0.4, 0.5) is 16.2 Å². The predicted molar refractivity (Wildman–Crippen MR) is 107 cm³/mol. The summed E-state index contributed by atoms with van der Waals surface area (Å²) in [5, 5.41) is 3.45. The summed E-state index contributed by atoms with van der Waals surface area (Å²) in [7, 11) is 0. The van der Waals surface area contributed by atoms with Gasteiger partial charge in [0, 0.05) is 31.4 Å². The zero-order chi connectivity index (χ0) is 19.7. The van der Waals surface area contributed by atoms with Crippen molar-refractivity contribution >= 4 is 23.3 Å². The first kappa shape index (κ1) is 19.0. The number of rotatable bonds is 1. The van der Waals surface area contributed by atoms with Gasteiger partial charge in [-0.3, -0.25) is 4.98 Å². The van der Waals surface area contributed by atoms with E-state index in [0.717, 1.165) is 61.9 Å². The second kappa shape index (κ2) is 7.58. The summed E-state index contributed by atoms with van der Waals surface area (Å²) in [6, 6.07) is -0.0631. The summed E-state index contributed by atoms with van der Waals surface area (Å²) >= 11 is 0. The van der Waals surface area contributed by atoms with Crippen molar-refractivity contribution in [1.82, 2.24) is 14.8 Å². The summed E-state index contributed by atoms with van der Waals surface area (Å²) in [6.07, 6.45) is 5.22. The smallest absolute Gasteiger partial charge is 0.410 e. The number of anilines is 1. The Kier molecular flexibility index (Phi) is 5.14. The molecule has 8 heteroatoms. The molecule has 3 aliphatic rings. The summed E-state index contributed by atoms with van der Waals surface area (Å²) in [5.74, 6) is 1.02. The summed E-state index contributed by atoms with van der Waals surface area (Å²) in [6.45, 7) is 10.2. The van der Waals surface area contributed by atoms with Crippen LogP contribution >= 0.6 is 0 Å². The van der Waals surface area contributed by atoms with Gasteiger partial charge in [0.05, 0.1) is 43.4 Å². The Balaban J connectivity index is 1.63. The number of hydrogen-bond acceptors (Lipinski definition) is 7. The fraction of sp³-hybridized carbons (Fsp3) is 0.650. The van der Waals surface area contributed by atoms with Crippen LogP contribution in [0.15, 0.2) is 17.4 Å². The molecular weight excluding hydrogens is 358 g/mol. The van der Waals surface area contributed by atoms with Crippen molar-refractivity contribution < 1.29 is 14.3 Å². The quantitative estimate of drug-likeness (QED) is 0.798. The number of carbonyl (C=O) groups excluding carboxylic acids is 1. The molecule has 1 aromatic rings. The van der Waals surface area contributed by atoms with Crippen molar-refractivity contribution in [2.24, 2.45) is 4.99 Å². The van der Waals surface area contributed by atoms with Crippen LogP contribution in [0, 0.1) is 0 Å². The van der Waals surface area contributed by atoms with Crippen molar-refractivity contribution in [1.29, 1.82) is 0 Å². The lowest BCUT2D eigenvalue weighted by atomic mass is 10.0. The molecule has 8 nitrogen and oxygen atoms in total. The van der Waals surface area contributed by atoms with Gasteiger partial charge in [0.2, 0.25) is 0 Å². The molecule has 1 atom stereocenters. The van der Waals surface area contributed by atoms with Crippen molar-refractivity contribution in [3.8, 4) is 0 Å². The van der Waals surface area contributed by atoms with Gasteiger partial charge in [0.1, 0.15) is 11.4 Å². The van der Waals surface area contributed by atoms with E-state index in [1.807, 2.05) is 38.1 Å². The first-order valence-corrected chi connectivity index (χ1v) is 10.0. The molecule has 1 N–H and O–H groups in total. The van der Waals surface area contributed by atoms with E-state index in [2.05, 4.69) is 15.2 Å². The summed E-state index contributed by atoms with van der Waals surface area (Å²) in [4.78, 5) is 26.2. The summed E-state index contributed by atoms with van der Waals surface area (Å²) < 4.78 is 11.1. The Morgan fingerprint density at radius 2 is 2.04 bits per heavy atom. The maximum absolute atomic E-state index is 12.7. The van der Waals surface area contributed by atoms with Crippen LogP contribution < -0.4 is 5.32 Å². The number of pyridine rings is 1. The van der Waals surface area contributed by atoms with Gasteiger partial charge in [-0.2, -0.15) is 0 Å². The summed E-state index contributed by atoms with van der Waals surface area (Å²) in [5.41, 5.74) is 2.29. The SMILES string of the molecule is CC(C)(C)OC(=O)N1CCCC1c1cncc2c1N=C(N1CCOCC1)CN2. The van der Waals surface area contributed by atoms with Gasteiger partial charge in [0.25, 0.3) is 0 Å². The van der Waals surface area contributed by atoms with Gasteiger partial charge in [-0.25, -0.2) is 9.79 Å². The second-order valence-electron chi connectivity index (χ2n) is 8.44. The number of aliphatic imine (C=N–C) groups is 1. The van der Waals surface area contributed by atoms with E-state index in [9.17, 15) is 4.79 Å². The molecule has 2 fully saturated rings. The van der Waals surface area contributed by atoms with Crippen molar-refractivity contribution in [2.75, 3.05) is 44.7 Å². The maximum Gasteiger partial charge on any atom is 0.410 e. The number of morpholine rings is 1. The highest BCUT2D eigenvalue weighted by atomic mass is 16.6. The molecule has 2 saturated heterocycles. The third-order valence-electron chi connectivity index (χ3n) is 5.24. The largest absolute Gasteiger partial charge is 0.444 e. The van der Waals surface area contributed by atoms with E-state index in [4.69, 9.17) is 14.5 Å². The number of amides is 1. The number of amidine groups is 1. The lowest BCUT2D eigenvalue weighted by molar-refractivity contribution is 0.0224. The fourth-order valence-corrected chi connectivity index (χ4v) is 3.94. The molecule has 3 aliphatic heterocycles. The standard InChI is InChI=1S/C20H29N5O3/c1-20(2,3)28-19(26)25-6-4-5-16(25)14-11-21-12-15-18(14)23-17(13-22-15)24-7-9-27-10-8-24/h11-12,16,22H,4-10,13H2,1-3H3. The third-order valence-corrected chi connectivity index (χ3v) is 5.24. The number of fused-ring (bicyclic) bond motifs is 1. The first-order chi connectivity index (χ1) is 13.4. The van der Waals surface area contributed by atoms with Gasteiger partial charge < -0.3 is 24.6 Å². The number of nitrogens with zero attached hydrogens (tertiary/aromatic N) is 4. The van der Waals surface area contributed by atoms with Crippen LogP contribution in [-0.4, -0.2) is 71.7 Å². The van der Waals surface area contributed by atoms with Gasteiger partial charge in [0.15, 0.2) is 0 Å². The molecule has 152 valence electrons. The van der Waals surface area contributed by atoms with E-state index >= 15 is 0 Å². The predicted octanol–water partition coefficient (Wildman–Crippen LogP) is 2.94. The number of hydrogen-bond donors (Lipinski definition) is 1. The molecule has 0 aliphatic carbocycles. The monoisotopic (exact) mass is 387 g/mol. The number of ether oxygens (including phenoxy) is 2. The molecular formula is C20H29N5O3. The first-order valence-electron chi connectivity index (χ1n) is 10.0. The average molecular weight is 387 g/mol. The number of nitrogens with one attached hydrogen (secondary N) is 1. The lowest BCUT2D eigenvalue weighted by Gasteiger charge is -2.33. The van der Waals surface area contributed by atoms with E-state index in [0.29, 0.717) is 13.1 Å². The van der Waals surface area contributed by atoms with Crippen LogP contribution in [-0.2, 0) is 9.47 Å². The molecule has 4 heterocycles. The van der Waals surface area contributed by atoms with Gasteiger partial charge >= 0.3 is 6.09 Å². The molecule has 0 spiro atoms. The van der Waals surface area contributed by atoms with Gasteiger partial charge in [-0.1, -0.05) is 0 Å². The Labute approximate surface area is 165 Å². The molecule has 0 bridgehead atoms. The molecule has 1 aromatic heterocycles. The third kappa shape index (κ3) is 3.92. The fourth-order valence-electron chi connectivity index (χ4n) is 3.94. The second-order valence-corrected chi connectivity index (χ2v) is 8.44. The highest BCUT2D eigenvalue weighted by molar-refractivity contribution is 5.94. The average Bonchev–Trinajstić information content (AvgIpc) is 3.16. The molecule has 0 saturated carbocycles. The van der Waals surface area contributed by atoms with Gasteiger partial charge in [-0.05, 0) is 33.6 Å². The Morgan fingerprint density at radius 3 is 2.79 bits per heavy atom. The normalized spacial score (nSPS) is 22.4. The Bertz CT molecular complexity index is 768. The van der Waals surface area contributed by atoms with Crippen molar-refractivity contribution in [2.45, 2.75) is 45.3 Å². The zero-order valence-corrected chi connectivity index (χ0v) is 16.9. The van der Waals surface area contributed by atoms with Crippen molar-refractivity contribution in [3.05, 3.63) is 18.0 Å². The van der Waals surface area contributed by atoms with Crippen LogP contribution in [0.2, 0.25) is 0 Å². The minimum Gasteiger partial charge on any atom is -0.444 e. The minimum atomic E-state index is -0.512. The maximum atomic E-state index is 12.7. The highest BCUT2D eigenvalue weighted by Crippen LogP contribution is 2.41. The van der Waals surface area contributed by atoms with Gasteiger partial charge in [-0.15, -0.1) is 0 Å². The highest BCUT2D eigenvalue weighted by Gasteiger charge is 2.35. The lowest BCUT2D eigenvalue weighted by Crippen LogP contribution is -2.44. The van der Waals surface area contributed by atoms with Crippen LogP contribution in [0.5, 0.6) is 0 Å². The Hall–Kier alpha value is -2.35. The van der Waals surface area contributed by atoms with Crippen LogP contribution in [0.1, 0.15) is 45.2 Å². The molecule has 0 radical (unpaired) electrons. The zero-order valence-electron chi connectivity index (χ0n) is 16.9. The van der Waals surface area contributed by atoms with E-state index < -0.39 is 5.60 Å².